The van der Waals surface area contributed by atoms with Gasteiger partial charge in [-0.2, -0.15) is 0 Å². The maximum absolute atomic E-state index is 13.6. The van der Waals surface area contributed by atoms with E-state index in [-0.39, 0.29) is 5.82 Å². The van der Waals surface area contributed by atoms with Crippen molar-refractivity contribution in [3.63, 3.8) is 0 Å². The number of morpholine rings is 1. The summed E-state index contributed by atoms with van der Waals surface area (Å²) in [5.41, 5.74) is 2.71. The van der Waals surface area contributed by atoms with Crippen molar-refractivity contribution in [2.24, 2.45) is 0 Å². The summed E-state index contributed by atoms with van der Waals surface area (Å²) in [5.74, 6) is -0.132. The highest BCUT2D eigenvalue weighted by Gasteiger charge is 2.29. The Labute approximate surface area is 94.2 Å². The molecule has 0 saturated carbocycles. The number of rotatable bonds is 0. The van der Waals surface area contributed by atoms with Crippen molar-refractivity contribution in [1.29, 1.82) is 0 Å². The van der Waals surface area contributed by atoms with Crippen molar-refractivity contribution in [1.82, 2.24) is 0 Å². The van der Waals surface area contributed by atoms with Crippen LogP contribution in [-0.4, -0.2) is 32.3 Å². The molecule has 0 radical (unpaired) electrons. The van der Waals surface area contributed by atoms with E-state index in [2.05, 4.69) is 10.2 Å². The van der Waals surface area contributed by atoms with Gasteiger partial charge in [-0.15, -0.1) is 0 Å². The first kappa shape index (κ1) is 9.90. The molecule has 1 N–H and O–H groups in total. The maximum atomic E-state index is 13.6. The average Bonchev–Trinajstić information content (AvgIpc) is 2.31. The SMILES string of the molecule is Cc1cc2c(cc1F)N1CCOCC1CN2. The standard InChI is InChI=1S/C12H15FN2O/c1-8-4-11-12(5-10(8)13)15-2-3-16-7-9(15)6-14-11/h4-5,9,14H,2-3,6-7H2,1H3. The van der Waals surface area contributed by atoms with Gasteiger partial charge in [-0.25, -0.2) is 4.39 Å². The van der Waals surface area contributed by atoms with Crippen molar-refractivity contribution >= 4 is 11.4 Å². The third-order valence-corrected chi connectivity index (χ3v) is 3.34. The van der Waals surface area contributed by atoms with Crippen LogP contribution in [0.1, 0.15) is 5.56 Å². The fourth-order valence-corrected chi connectivity index (χ4v) is 2.42. The molecular weight excluding hydrogens is 207 g/mol. The zero-order chi connectivity index (χ0) is 11.1. The lowest BCUT2D eigenvalue weighted by atomic mass is 10.1. The van der Waals surface area contributed by atoms with Crippen LogP contribution in [0.5, 0.6) is 0 Å². The van der Waals surface area contributed by atoms with Crippen LogP contribution in [0.15, 0.2) is 12.1 Å². The van der Waals surface area contributed by atoms with Gasteiger partial charge in [0, 0.05) is 13.1 Å². The van der Waals surface area contributed by atoms with Gasteiger partial charge >= 0.3 is 0 Å². The van der Waals surface area contributed by atoms with Crippen LogP contribution in [0.2, 0.25) is 0 Å². The highest BCUT2D eigenvalue weighted by molar-refractivity contribution is 5.74. The van der Waals surface area contributed by atoms with Gasteiger partial charge in [0.1, 0.15) is 5.82 Å². The van der Waals surface area contributed by atoms with Crippen LogP contribution >= 0.6 is 0 Å². The summed E-state index contributed by atoms with van der Waals surface area (Å²) in [6.07, 6.45) is 0. The van der Waals surface area contributed by atoms with Crippen LogP contribution in [0.4, 0.5) is 15.8 Å². The Bertz CT molecular complexity index is 422. The van der Waals surface area contributed by atoms with Gasteiger partial charge in [0.15, 0.2) is 0 Å². The van der Waals surface area contributed by atoms with Crippen LogP contribution in [0, 0.1) is 12.7 Å². The second-order valence-electron chi connectivity index (χ2n) is 4.42. The Morgan fingerprint density at radius 1 is 1.50 bits per heavy atom. The number of halogens is 1. The summed E-state index contributed by atoms with van der Waals surface area (Å²) in [4.78, 5) is 2.25. The molecule has 2 aliphatic heterocycles. The smallest absolute Gasteiger partial charge is 0.128 e. The van der Waals surface area contributed by atoms with Crippen LogP contribution in [-0.2, 0) is 4.74 Å². The fourth-order valence-electron chi connectivity index (χ4n) is 2.42. The van der Waals surface area contributed by atoms with E-state index in [9.17, 15) is 4.39 Å². The molecule has 0 aromatic heterocycles. The molecule has 1 unspecified atom stereocenters. The molecule has 0 bridgehead atoms. The van der Waals surface area contributed by atoms with Gasteiger partial charge in [-0.05, 0) is 24.6 Å². The minimum atomic E-state index is -0.132. The number of fused-ring (bicyclic) bond motifs is 3. The molecule has 2 heterocycles. The number of aryl methyl sites for hydroxylation is 1. The zero-order valence-corrected chi connectivity index (χ0v) is 9.29. The molecule has 1 aromatic rings. The second kappa shape index (κ2) is 3.63. The molecule has 86 valence electrons. The Kier molecular flexibility index (Phi) is 2.24. The Morgan fingerprint density at radius 2 is 2.38 bits per heavy atom. The summed E-state index contributed by atoms with van der Waals surface area (Å²) < 4.78 is 19.0. The van der Waals surface area contributed by atoms with Crippen molar-refractivity contribution in [3.05, 3.63) is 23.5 Å². The largest absolute Gasteiger partial charge is 0.381 e. The van der Waals surface area contributed by atoms with E-state index in [0.29, 0.717) is 11.6 Å². The third kappa shape index (κ3) is 1.45. The lowest BCUT2D eigenvalue weighted by Crippen LogP contribution is -2.51. The molecule has 4 heteroatoms. The molecule has 1 aromatic carbocycles. The van der Waals surface area contributed by atoms with Crippen molar-refractivity contribution in [2.75, 3.05) is 36.5 Å². The number of anilines is 2. The van der Waals surface area contributed by atoms with E-state index in [0.717, 1.165) is 37.7 Å². The molecule has 1 fully saturated rings. The summed E-state index contributed by atoms with van der Waals surface area (Å²) in [6, 6.07) is 3.86. The van der Waals surface area contributed by atoms with Gasteiger partial charge < -0.3 is 15.0 Å². The molecular formula is C12H15FN2O. The summed E-state index contributed by atoms with van der Waals surface area (Å²) in [7, 11) is 0. The van der Waals surface area contributed by atoms with Crippen LogP contribution < -0.4 is 10.2 Å². The number of nitrogens with one attached hydrogen (secondary N) is 1. The third-order valence-electron chi connectivity index (χ3n) is 3.34. The maximum Gasteiger partial charge on any atom is 0.128 e. The highest BCUT2D eigenvalue weighted by Crippen LogP contribution is 2.34. The van der Waals surface area contributed by atoms with Crippen LogP contribution in [0.3, 0.4) is 0 Å². The fraction of sp³-hybridized carbons (Fsp3) is 0.500. The topological polar surface area (TPSA) is 24.5 Å². The Morgan fingerprint density at radius 3 is 3.25 bits per heavy atom. The van der Waals surface area contributed by atoms with E-state index in [1.165, 1.54) is 0 Å². The first-order chi connectivity index (χ1) is 7.75. The van der Waals surface area contributed by atoms with Gasteiger partial charge in [0.25, 0.3) is 0 Å². The quantitative estimate of drug-likeness (QED) is 0.724. The molecule has 3 rings (SSSR count). The molecule has 3 nitrogen and oxygen atoms in total. The molecule has 1 atom stereocenters. The van der Waals surface area contributed by atoms with E-state index in [4.69, 9.17) is 4.74 Å². The molecule has 16 heavy (non-hydrogen) atoms. The number of hydrogen-bond donors (Lipinski definition) is 1. The average molecular weight is 222 g/mol. The lowest BCUT2D eigenvalue weighted by molar-refractivity contribution is 0.0963. The molecule has 0 spiro atoms. The van der Waals surface area contributed by atoms with Crippen molar-refractivity contribution < 1.29 is 9.13 Å². The van der Waals surface area contributed by atoms with Crippen molar-refractivity contribution in [2.45, 2.75) is 13.0 Å². The number of nitrogens with zero attached hydrogens (tertiary/aromatic N) is 1. The monoisotopic (exact) mass is 222 g/mol. The van der Waals surface area contributed by atoms with E-state index >= 15 is 0 Å². The van der Waals surface area contributed by atoms with Crippen LogP contribution in [0.25, 0.3) is 0 Å². The molecule has 1 saturated heterocycles. The Hall–Kier alpha value is -1.29. The van der Waals surface area contributed by atoms with E-state index in [1.807, 2.05) is 6.07 Å². The lowest BCUT2D eigenvalue weighted by Gasteiger charge is -2.42. The normalized spacial score (nSPS) is 23.4. The van der Waals surface area contributed by atoms with E-state index in [1.54, 1.807) is 13.0 Å². The molecule has 0 amide bonds. The number of benzene rings is 1. The van der Waals surface area contributed by atoms with Crippen molar-refractivity contribution in [3.8, 4) is 0 Å². The minimum absolute atomic E-state index is 0.132. The summed E-state index contributed by atoms with van der Waals surface area (Å²) in [5, 5.41) is 3.34. The first-order valence-corrected chi connectivity index (χ1v) is 5.64. The second-order valence-corrected chi connectivity index (χ2v) is 4.42. The summed E-state index contributed by atoms with van der Waals surface area (Å²) >= 11 is 0. The Balaban J connectivity index is 2.04. The van der Waals surface area contributed by atoms with Gasteiger partial charge in [0.2, 0.25) is 0 Å². The van der Waals surface area contributed by atoms with Gasteiger partial charge in [-0.3, -0.25) is 0 Å². The summed E-state index contributed by atoms with van der Waals surface area (Å²) in [6.45, 7) is 4.97. The molecule has 2 aliphatic rings. The zero-order valence-electron chi connectivity index (χ0n) is 9.29. The van der Waals surface area contributed by atoms with Gasteiger partial charge in [0.05, 0.1) is 30.6 Å². The number of hydrogen-bond acceptors (Lipinski definition) is 3. The minimum Gasteiger partial charge on any atom is -0.381 e. The highest BCUT2D eigenvalue weighted by atomic mass is 19.1. The molecule has 0 aliphatic carbocycles. The van der Waals surface area contributed by atoms with E-state index < -0.39 is 0 Å². The van der Waals surface area contributed by atoms with Gasteiger partial charge in [-0.1, -0.05) is 0 Å². The predicted molar refractivity (Wildman–Crippen MR) is 61.6 cm³/mol. The predicted octanol–water partition coefficient (Wildman–Crippen LogP) is 1.76. The first-order valence-electron chi connectivity index (χ1n) is 5.64. The number of ether oxygens (including phenoxy) is 1.